The van der Waals surface area contributed by atoms with Crippen molar-refractivity contribution in [1.82, 2.24) is 0 Å². The summed E-state index contributed by atoms with van der Waals surface area (Å²) in [5.74, 6) is 0. The van der Waals surface area contributed by atoms with E-state index in [0.717, 1.165) is 0 Å². The van der Waals surface area contributed by atoms with Crippen molar-refractivity contribution in [2.45, 2.75) is 0 Å². The van der Waals surface area contributed by atoms with Crippen LogP contribution in [-0.2, 0) is 21.7 Å². The smallest absolute Gasteiger partial charge is 0.106 e. The molecule has 22 valence electrons. The van der Waals surface area contributed by atoms with Gasteiger partial charge in [0.05, 0.1) is 0 Å². The fraction of sp³-hybridized carbons (Fsp3) is 0. The topological polar surface area (TPSA) is 0 Å². The average molecular weight is 106 g/mol. The molecule has 0 aliphatic rings. The zero-order chi connectivity index (χ0) is 2.00. The largest absolute Gasteiger partial charge is 0.187 e. The Kier molecular flexibility index (Phi) is 183. The molecular formula is C2H7AlTi. The summed E-state index contributed by atoms with van der Waals surface area (Å²) in [6.07, 6.45) is 0. The van der Waals surface area contributed by atoms with Gasteiger partial charge in [0.15, 0.2) is 17.4 Å². The maximum Gasteiger partial charge on any atom is 0.187 e. The summed E-state index contributed by atoms with van der Waals surface area (Å²) in [5.41, 5.74) is 0. The van der Waals surface area contributed by atoms with Gasteiger partial charge in [-0.15, -0.1) is 13.2 Å². The molecule has 0 nitrogen and oxygen atoms in total. The van der Waals surface area contributed by atoms with Gasteiger partial charge in [-0.25, -0.2) is 0 Å². The molecule has 0 N–H and O–H groups in total. The predicted octanol–water partition coefficient (Wildman–Crippen LogP) is -0.384. The first kappa shape index (κ1) is 20.1. The normalized spacial score (nSPS) is 1.00. The number of hydrogen-bond acceptors (Lipinski definition) is 0. The van der Waals surface area contributed by atoms with Gasteiger partial charge >= 0.3 is 0 Å². The second-order valence-electron chi connectivity index (χ2n) is 0. The van der Waals surface area contributed by atoms with Crippen LogP contribution in [0.25, 0.3) is 0 Å². The van der Waals surface area contributed by atoms with E-state index >= 15 is 0 Å². The Bertz CT molecular complexity index is 6.00. The molecule has 0 rings (SSSR count). The van der Waals surface area contributed by atoms with E-state index in [1.165, 1.54) is 0 Å². The molecule has 0 heterocycles. The van der Waals surface area contributed by atoms with Gasteiger partial charge in [0.2, 0.25) is 0 Å². The van der Waals surface area contributed by atoms with E-state index in [4.69, 9.17) is 0 Å². The van der Waals surface area contributed by atoms with Crippen molar-refractivity contribution in [1.29, 1.82) is 0 Å². The van der Waals surface area contributed by atoms with Crippen molar-refractivity contribution in [3.63, 3.8) is 0 Å². The van der Waals surface area contributed by atoms with Crippen LogP contribution in [0.1, 0.15) is 0 Å². The van der Waals surface area contributed by atoms with Gasteiger partial charge in [-0.3, -0.25) is 0 Å². The monoisotopic (exact) mass is 106 g/mol. The minimum Gasteiger partial charge on any atom is -0.106 e. The third-order valence-electron chi connectivity index (χ3n) is 0. The molecule has 0 aromatic rings. The molecule has 0 aliphatic carbocycles. The summed E-state index contributed by atoms with van der Waals surface area (Å²) in [6.45, 7) is 6.00. The van der Waals surface area contributed by atoms with Gasteiger partial charge in [0, 0.05) is 21.7 Å². The van der Waals surface area contributed by atoms with Crippen LogP contribution in [0.15, 0.2) is 13.2 Å². The zero-order valence-electron chi connectivity index (χ0n) is 1.91. The summed E-state index contributed by atoms with van der Waals surface area (Å²) in [7, 11) is 0. The molecule has 0 fully saturated rings. The molecule has 0 aromatic heterocycles. The Morgan fingerprint density at radius 3 is 1.00 bits per heavy atom. The molecule has 0 unspecified atom stereocenters. The van der Waals surface area contributed by atoms with Crippen LogP contribution < -0.4 is 0 Å². The van der Waals surface area contributed by atoms with E-state index in [2.05, 4.69) is 13.2 Å². The third-order valence-corrected chi connectivity index (χ3v) is 0. The van der Waals surface area contributed by atoms with Crippen LogP contribution >= 0.6 is 0 Å². The van der Waals surface area contributed by atoms with Crippen LogP contribution in [0, 0.1) is 0 Å². The van der Waals surface area contributed by atoms with Crippen LogP contribution in [0.3, 0.4) is 0 Å². The summed E-state index contributed by atoms with van der Waals surface area (Å²) >= 11 is 0. The Balaban J connectivity index is -0.00000000500. The predicted molar refractivity (Wildman–Crippen MR) is 21.2 cm³/mol. The minimum absolute atomic E-state index is 0. The maximum atomic E-state index is 3.00. The van der Waals surface area contributed by atoms with Crippen LogP contribution in [0.5, 0.6) is 0 Å². The fourth-order valence-corrected chi connectivity index (χ4v) is 0. The van der Waals surface area contributed by atoms with E-state index in [-0.39, 0.29) is 39.1 Å². The van der Waals surface area contributed by atoms with Gasteiger partial charge in [-0.1, -0.05) is 0 Å². The molecule has 2 heteroatoms. The first-order valence-corrected chi connectivity index (χ1v) is 0.500. The van der Waals surface area contributed by atoms with Gasteiger partial charge < -0.3 is 0 Å². The van der Waals surface area contributed by atoms with Gasteiger partial charge in [0.25, 0.3) is 0 Å². The molecule has 0 aromatic carbocycles. The summed E-state index contributed by atoms with van der Waals surface area (Å²) in [5, 5.41) is 0. The molecule has 0 saturated carbocycles. The Hall–Kier alpha value is 0.987. The molecule has 0 spiro atoms. The molecule has 0 amide bonds. The second kappa shape index (κ2) is 36.5. The van der Waals surface area contributed by atoms with Gasteiger partial charge in [-0.05, 0) is 0 Å². The molecule has 0 aliphatic heterocycles. The SMILES string of the molecule is C=C.[AlH3].[Ti]. The second-order valence-corrected chi connectivity index (χ2v) is 0. The summed E-state index contributed by atoms with van der Waals surface area (Å²) in [6, 6.07) is 0. The Morgan fingerprint density at radius 2 is 1.00 bits per heavy atom. The summed E-state index contributed by atoms with van der Waals surface area (Å²) < 4.78 is 0. The molecule has 0 radical (unpaired) electrons. The minimum atomic E-state index is 0. The first-order valence-electron chi connectivity index (χ1n) is 0.500. The van der Waals surface area contributed by atoms with Crippen molar-refractivity contribution in [3.05, 3.63) is 13.2 Å². The van der Waals surface area contributed by atoms with Crippen molar-refractivity contribution in [3.8, 4) is 0 Å². The zero-order valence-corrected chi connectivity index (χ0v) is 3.48. The Morgan fingerprint density at radius 1 is 1.00 bits per heavy atom. The number of rotatable bonds is 0. The molecule has 4 heavy (non-hydrogen) atoms. The van der Waals surface area contributed by atoms with Gasteiger partial charge in [0.1, 0.15) is 0 Å². The van der Waals surface area contributed by atoms with Crippen molar-refractivity contribution < 1.29 is 21.7 Å². The van der Waals surface area contributed by atoms with Crippen LogP contribution in [-0.4, -0.2) is 17.4 Å². The first-order chi connectivity index (χ1) is 1.00. The quantitative estimate of drug-likeness (QED) is 0.291. The van der Waals surface area contributed by atoms with Crippen LogP contribution in [0.4, 0.5) is 0 Å². The standard InChI is InChI=1S/C2H4.Al.Ti.3H/c1-2;;;;;/h1-2H2;;;;;. The average Bonchev–Trinajstić information content (AvgIpc) is 1.00. The number of hydrogen-bond donors (Lipinski definition) is 0. The summed E-state index contributed by atoms with van der Waals surface area (Å²) in [4.78, 5) is 0. The fourth-order valence-electron chi connectivity index (χ4n) is 0. The van der Waals surface area contributed by atoms with E-state index < -0.39 is 0 Å². The Labute approximate surface area is 52.3 Å². The van der Waals surface area contributed by atoms with E-state index in [9.17, 15) is 0 Å². The maximum absolute atomic E-state index is 3.00. The van der Waals surface area contributed by atoms with Crippen molar-refractivity contribution in [2.75, 3.05) is 0 Å². The van der Waals surface area contributed by atoms with Gasteiger partial charge in [-0.2, -0.15) is 0 Å². The van der Waals surface area contributed by atoms with Crippen molar-refractivity contribution in [2.24, 2.45) is 0 Å². The van der Waals surface area contributed by atoms with E-state index in [0.29, 0.717) is 0 Å². The molecule has 0 atom stereocenters. The van der Waals surface area contributed by atoms with Crippen LogP contribution in [0.2, 0.25) is 0 Å². The molecular weight excluding hydrogens is 98.9 g/mol. The molecule has 0 saturated heterocycles. The van der Waals surface area contributed by atoms with E-state index in [1.807, 2.05) is 0 Å². The van der Waals surface area contributed by atoms with E-state index in [1.54, 1.807) is 0 Å². The molecule has 0 bridgehead atoms. The van der Waals surface area contributed by atoms with Crippen molar-refractivity contribution >= 4 is 17.4 Å². The third kappa shape index (κ3) is 12.1.